The minimum Gasteiger partial charge on any atom is -0.298 e. The summed E-state index contributed by atoms with van der Waals surface area (Å²) in [7, 11) is 0. The first-order valence-electron chi connectivity index (χ1n) is 9.49. The molecule has 134 valence electrons. The van der Waals surface area contributed by atoms with Gasteiger partial charge in [-0.2, -0.15) is 5.10 Å². The highest BCUT2D eigenvalue weighted by atomic mass is 16.1. The average Bonchev–Trinajstić information content (AvgIpc) is 3.09. The molecule has 0 spiro atoms. The van der Waals surface area contributed by atoms with Gasteiger partial charge in [0.15, 0.2) is 11.9 Å². The average molecular weight is 348 g/mol. The molecule has 3 heterocycles. The Morgan fingerprint density at radius 1 is 1.19 bits per heavy atom. The lowest BCUT2D eigenvalue weighted by Crippen LogP contribution is -2.12. The van der Waals surface area contributed by atoms with Crippen LogP contribution in [0.1, 0.15) is 66.6 Å². The summed E-state index contributed by atoms with van der Waals surface area (Å²) in [4.78, 5) is 21.5. The number of aldehydes is 1. The summed E-state index contributed by atoms with van der Waals surface area (Å²) < 4.78 is 1.92. The van der Waals surface area contributed by atoms with Crippen LogP contribution in [0.25, 0.3) is 22.2 Å². The van der Waals surface area contributed by atoms with Crippen molar-refractivity contribution in [3.8, 4) is 11.1 Å². The molecule has 0 saturated heterocycles. The molecule has 3 aromatic heterocycles. The zero-order valence-electron chi connectivity index (χ0n) is 15.4. The van der Waals surface area contributed by atoms with Crippen molar-refractivity contribution >= 4 is 17.3 Å². The van der Waals surface area contributed by atoms with E-state index in [0.29, 0.717) is 11.5 Å². The third-order valence-electron chi connectivity index (χ3n) is 5.43. The molecular weight excluding hydrogens is 324 g/mol. The van der Waals surface area contributed by atoms with E-state index < -0.39 is 0 Å². The molecule has 0 N–H and O–H groups in total. The van der Waals surface area contributed by atoms with Gasteiger partial charge in [-0.25, -0.2) is 9.67 Å². The smallest absolute Gasteiger partial charge is 0.158 e. The second-order valence-electron chi connectivity index (χ2n) is 7.19. The SMILES string of the molecule is CCn1ncc2c(-c3cncc(C)c3)c(C=O)c(C3CCCCC3)nc21. The minimum atomic E-state index is 0.352. The van der Waals surface area contributed by atoms with Crippen LogP contribution in [0, 0.1) is 6.92 Å². The molecule has 1 saturated carbocycles. The van der Waals surface area contributed by atoms with E-state index in [1.807, 2.05) is 30.2 Å². The molecule has 3 aromatic rings. The Kier molecular flexibility index (Phi) is 4.53. The third kappa shape index (κ3) is 2.81. The van der Waals surface area contributed by atoms with Gasteiger partial charge in [-0.15, -0.1) is 0 Å². The fourth-order valence-corrected chi connectivity index (χ4v) is 4.16. The number of pyridine rings is 2. The largest absolute Gasteiger partial charge is 0.298 e. The molecule has 1 fully saturated rings. The van der Waals surface area contributed by atoms with Crippen molar-refractivity contribution in [3.63, 3.8) is 0 Å². The van der Waals surface area contributed by atoms with Crippen LogP contribution in [-0.2, 0) is 6.54 Å². The molecule has 0 unspecified atom stereocenters. The van der Waals surface area contributed by atoms with Gasteiger partial charge >= 0.3 is 0 Å². The number of nitrogens with zero attached hydrogens (tertiary/aromatic N) is 4. The van der Waals surface area contributed by atoms with E-state index in [2.05, 4.69) is 23.1 Å². The van der Waals surface area contributed by atoms with E-state index in [1.54, 1.807) is 0 Å². The molecule has 4 rings (SSSR count). The van der Waals surface area contributed by atoms with Gasteiger partial charge in [0.25, 0.3) is 0 Å². The van der Waals surface area contributed by atoms with Crippen LogP contribution in [0.4, 0.5) is 0 Å². The van der Waals surface area contributed by atoms with Crippen LogP contribution in [0.15, 0.2) is 24.7 Å². The van der Waals surface area contributed by atoms with Crippen LogP contribution in [0.2, 0.25) is 0 Å². The van der Waals surface area contributed by atoms with Gasteiger partial charge in [-0.1, -0.05) is 19.3 Å². The molecular formula is C21H24N4O. The summed E-state index contributed by atoms with van der Waals surface area (Å²) in [5.41, 5.74) is 5.50. The number of carbonyl (C=O) groups excluding carboxylic acids is 1. The quantitative estimate of drug-likeness (QED) is 0.642. The highest BCUT2D eigenvalue weighted by Gasteiger charge is 2.25. The minimum absolute atomic E-state index is 0.352. The number of rotatable bonds is 4. The fourth-order valence-electron chi connectivity index (χ4n) is 4.16. The number of hydrogen-bond acceptors (Lipinski definition) is 4. The first-order chi connectivity index (χ1) is 12.7. The summed E-state index contributed by atoms with van der Waals surface area (Å²) in [6, 6.07) is 2.09. The molecule has 0 bridgehead atoms. The second kappa shape index (κ2) is 6.98. The Labute approximate surface area is 153 Å². The van der Waals surface area contributed by atoms with Crippen molar-refractivity contribution in [2.45, 2.75) is 58.4 Å². The zero-order valence-corrected chi connectivity index (χ0v) is 15.4. The number of hydrogen-bond donors (Lipinski definition) is 0. The summed E-state index contributed by atoms with van der Waals surface area (Å²) in [6.07, 6.45) is 12.4. The van der Waals surface area contributed by atoms with Crippen LogP contribution in [-0.4, -0.2) is 26.0 Å². The van der Waals surface area contributed by atoms with E-state index in [-0.39, 0.29) is 0 Å². The van der Waals surface area contributed by atoms with E-state index >= 15 is 0 Å². The number of aryl methyl sites for hydroxylation is 2. The second-order valence-corrected chi connectivity index (χ2v) is 7.19. The van der Waals surface area contributed by atoms with E-state index in [4.69, 9.17) is 4.98 Å². The third-order valence-corrected chi connectivity index (χ3v) is 5.43. The maximum absolute atomic E-state index is 12.2. The van der Waals surface area contributed by atoms with Crippen LogP contribution < -0.4 is 0 Å². The van der Waals surface area contributed by atoms with Crippen molar-refractivity contribution in [1.82, 2.24) is 19.7 Å². The van der Waals surface area contributed by atoms with Crippen molar-refractivity contribution < 1.29 is 4.79 Å². The van der Waals surface area contributed by atoms with Crippen LogP contribution in [0.3, 0.4) is 0 Å². The lowest BCUT2D eigenvalue weighted by molar-refractivity contribution is 0.112. The molecule has 0 aromatic carbocycles. The molecule has 0 amide bonds. The van der Waals surface area contributed by atoms with Crippen molar-refractivity contribution in [3.05, 3.63) is 41.5 Å². The van der Waals surface area contributed by atoms with Crippen LogP contribution in [0.5, 0.6) is 0 Å². The van der Waals surface area contributed by atoms with Gasteiger partial charge in [-0.3, -0.25) is 9.78 Å². The lowest BCUT2D eigenvalue weighted by Gasteiger charge is -2.24. The van der Waals surface area contributed by atoms with Crippen LogP contribution >= 0.6 is 0 Å². The zero-order chi connectivity index (χ0) is 18.1. The predicted molar refractivity (Wildman–Crippen MR) is 102 cm³/mol. The molecule has 26 heavy (non-hydrogen) atoms. The molecule has 1 aliphatic rings. The van der Waals surface area contributed by atoms with Crippen molar-refractivity contribution in [2.75, 3.05) is 0 Å². The van der Waals surface area contributed by atoms with E-state index in [0.717, 1.165) is 59.1 Å². The highest BCUT2D eigenvalue weighted by molar-refractivity contribution is 6.02. The molecule has 1 aliphatic carbocycles. The summed E-state index contributed by atoms with van der Waals surface area (Å²) >= 11 is 0. The summed E-state index contributed by atoms with van der Waals surface area (Å²) in [6.45, 7) is 4.84. The normalized spacial score (nSPS) is 15.5. The van der Waals surface area contributed by atoms with E-state index in [9.17, 15) is 4.79 Å². The molecule has 5 nitrogen and oxygen atoms in total. The maximum atomic E-state index is 12.2. The Morgan fingerprint density at radius 2 is 2.00 bits per heavy atom. The van der Waals surface area contributed by atoms with Gasteiger partial charge in [0, 0.05) is 46.9 Å². The van der Waals surface area contributed by atoms with E-state index in [1.165, 1.54) is 19.3 Å². The summed E-state index contributed by atoms with van der Waals surface area (Å²) in [5, 5.41) is 5.43. The Morgan fingerprint density at radius 3 is 2.69 bits per heavy atom. The monoisotopic (exact) mass is 348 g/mol. The van der Waals surface area contributed by atoms with Gasteiger partial charge in [-0.05, 0) is 38.3 Å². The molecule has 5 heteroatoms. The lowest BCUT2D eigenvalue weighted by atomic mass is 9.83. The van der Waals surface area contributed by atoms with Gasteiger partial charge < -0.3 is 0 Å². The summed E-state index contributed by atoms with van der Waals surface area (Å²) in [5.74, 6) is 0.352. The molecule has 0 aliphatic heterocycles. The maximum Gasteiger partial charge on any atom is 0.158 e. The fraction of sp³-hybridized carbons (Fsp3) is 0.429. The van der Waals surface area contributed by atoms with Gasteiger partial charge in [0.1, 0.15) is 0 Å². The van der Waals surface area contributed by atoms with Gasteiger partial charge in [0.2, 0.25) is 0 Å². The number of carbonyl (C=O) groups is 1. The topological polar surface area (TPSA) is 60.7 Å². The highest BCUT2D eigenvalue weighted by Crippen LogP contribution is 2.39. The number of fused-ring (bicyclic) bond motifs is 1. The molecule has 0 atom stereocenters. The number of aromatic nitrogens is 4. The first kappa shape index (κ1) is 16.9. The van der Waals surface area contributed by atoms with Gasteiger partial charge in [0.05, 0.1) is 11.9 Å². The predicted octanol–water partition coefficient (Wildman–Crippen LogP) is 4.68. The Balaban J connectivity index is 2.03. The Bertz CT molecular complexity index is 954. The van der Waals surface area contributed by atoms with Crippen molar-refractivity contribution in [1.29, 1.82) is 0 Å². The van der Waals surface area contributed by atoms with Crippen molar-refractivity contribution in [2.24, 2.45) is 0 Å². The standard InChI is InChI=1S/C21H24N4O/c1-3-25-21-17(12-23-25)19(16-9-14(2)10-22-11-16)18(13-26)20(24-21)15-7-5-4-6-8-15/h9-13,15H,3-8H2,1-2H3. The Hall–Kier alpha value is -2.56. The molecule has 0 radical (unpaired) electrons. The first-order valence-corrected chi connectivity index (χ1v) is 9.49.